The highest BCUT2D eigenvalue weighted by atomic mass is 16.5. The Balaban J connectivity index is 1.56. The van der Waals surface area contributed by atoms with Gasteiger partial charge in [0.1, 0.15) is 6.10 Å². The predicted octanol–water partition coefficient (Wildman–Crippen LogP) is 0.504. The van der Waals surface area contributed by atoms with Crippen LogP contribution in [0.4, 0.5) is 0 Å². The van der Waals surface area contributed by atoms with Crippen LogP contribution >= 0.6 is 0 Å². The van der Waals surface area contributed by atoms with Gasteiger partial charge in [0.15, 0.2) is 0 Å². The molecule has 0 aliphatic carbocycles. The molecule has 1 aromatic heterocycles. The highest BCUT2D eigenvalue weighted by molar-refractivity contribution is 5.94. The van der Waals surface area contributed by atoms with Crippen LogP contribution in [-0.2, 0) is 4.74 Å². The largest absolute Gasteiger partial charge is 0.390 e. The first-order valence-electron chi connectivity index (χ1n) is 8.81. The van der Waals surface area contributed by atoms with Crippen LogP contribution in [0.5, 0.6) is 0 Å². The van der Waals surface area contributed by atoms with Gasteiger partial charge in [0.05, 0.1) is 37.2 Å². The van der Waals surface area contributed by atoms with Gasteiger partial charge in [-0.15, -0.1) is 0 Å². The second-order valence-corrected chi connectivity index (χ2v) is 7.02. The van der Waals surface area contributed by atoms with Crippen LogP contribution in [0.15, 0.2) is 48.8 Å². The lowest BCUT2D eigenvalue weighted by atomic mass is 9.84. The van der Waals surface area contributed by atoms with Crippen molar-refractivity contribution in [2.24, 2.45) is 5.41 Å². The van der Waals surface area contributed by atoms with E-state index in [2.05, 4.69) is 15.5 Å². The Morgan fingerprint density at radius 3 is 2.68 bits per heavy atom. The Hall–Kier alpha value is -2.88. The maximum atomic E-state index is 12.3. The molecule has 2 aromatic rings. The zero-order valence-corrected chi connectivity index (χ0v) is 15.4. The predicted molar refractivity (Wildman–Crippen MR) is 97.5 cm³/mol. The summed E-state index contributed by atoms with van der Waals surface area (Å²) in [5.74, 6) is -0.918. The van der Waals surface area contributed by atoms with Gasteiger partial charge in [-0.2, -0.15) is 10.2 Å². The van der Waals surface area contributed by atoms with E-state index in [4.69, 9.17) is 4.74 Å². The second kappa shape index (κ2) is 8.42. The minimum atomic E-state index is -0.985. The van der Waals surface area contributed by atoms with Crippen molar-refractivity contribution >= 4 is 11.8 Å². The number of carbonyl (C=O) groups is 2. The van der Waals surface area contributed by atoms with E-state index in [0.29, 0.717) is 16.2 Å². The van der Waals surface area contributed by atoms with Crippen LogP contribution < -0.4 is 5.32 Å². The first-order chi connectivity index (χ1) is 13.4. The third-order valence-electron chi connectivity index (χ3n) is 4.77. The molecule has 148 valence electrons. The number of aromatic nitrogens is 2. The average molecular weight is 386 g/mol. The van der Waals surface area contributed by atoms with E-state index in [-0.39, 0.29) is 25.6 Å². The Labute approximate surface area is 161 Å². The molecule has 28 heavy (non-hydrogen) atoms. The quantitative estimate of drug-likeness (QED) is 0.488. The van der Waals surface area contributed by atoms with Gasteiger partial charge in [0.2, 0.25) is 0 Å². The molecule has 2 amide bonds. The molecule has 0 unspecified atom stereocenters. The zero-order valence-electron chi connectivity index (χ0n) is 15.4. The van der Waals surface area contributed by atoms with Crippen LogP contribution in [-0.4, -0.2) is 69.3 Å². The number of ether oxygens (including phenoxy) is 1. The van der Waals surface area contributed by atoms with Gasteiger partial charge in [-0.25, -0.2) is 5.06 Å². The highest BCUT2D eigenvalue weighted by Gasteiger charge is 2.47. The normalized spacial score (nSPS) is 24.0. The molecule has 1 aliphatic rings. The summed E-state index contributed by atoms with van der Waals surface area (Å²) in [5, 5.41) is 31.4. The second-order valence-electron chi connectivity index (χ2n) is 7.02. The van der Waals surface area contributed by atoms with E-state index < -0.39 is 23.5 Å². The number of amides is 2. The van der Waals surface area contributed by atoms with Crippen molar-refractivity contribution < 1.29 is 24.6 Å². The fourth-order valence-electron chi connectivity index (χ4n) is 3.10. The maximum Gasteiger partial charge on any atom is 0.277 e. The minimum absolute atomic E-state index is 0.0793. The van der Waals surface area contributed by atoms with Gasteiger partial charge >= 0.3 is 0 Å². The standard InChI is InChI=1S/C19H22N4O5/c1-19(11-23(27)18(26)13-5-3-2-4-6-13)12-28-15(16(19)24)10-20-17(25)14-7-8-21-22-9-14/h2-9,15-16,24,27H,10-12H2,1H3,(H,20,25)/t15-,16-,19-/m1/s1. The minimum Gasteiger partial charge on any atom is -0.390 e. The number of nitrogens with one attached hydrogen (secondary N) is 1. The number of nitrogens with zero attached hydrogens (tertiary/aromatic N) is 3. The van der Waals surface area contributed by atoms with Gasteiger partial charge in [0, 0.05) is 17.5 Å². The van der Waals surface area contributed by atoms with E-state index in [1.165, 1.54) is 18.5 Å². The van der Waals surface area contributed by atoms with Gasteiger partial charge in [0.25, 0.3) is 11.8 Å². The third-order valence-corrected chi connectivity index (χ3v) is 4.77. The zero-order chi connectivity index (χ0) is 20.1. The summed E-state index contributed by atoms with van der Waals surface area (Å²) in [7, 11) is 0. The molecule has 0 radical (unpaired) electrons. The molecule has 1 fully saturated rings. The van der Waals surface area contributed by atoms with E-state index in [1.54, 1.807) is 37.3 Å². The van der Waals surface area contributed by atoms with Gasteiger partial charge in [-0.05, 0) is 18.2 Å². The molecule has 3 atom stereocenters. The number of rotatable bonds is 6. The van der Waals surface area contributed by atoms with Crippen LogP contribution in [0.1, 0.15) is 27.6 Å². The summed E-state index contributed by atoms with van der Waals surface area (Å²) in [5.41, 5.74) is -0.190. The maximum absolute atomic E-state index is 12.3. The van der Waals surface area contributed by atoms with Crippen molar-refractivity contribution in [1.29, 1.82) is 0 Å². The van der Waals surface area contributed by atoms with E-state index in [1.807, 2.05) is 0 Å². The number of hydrogen-bond acceptors (Lipinski definition) is 7. The summed E-state index contributed by atoms with van der Waals surface area (Å²) in [6.45, 7) is 1.81. The summed E-state index contributed by atoms with van der Waals surface area (Å²) in [6, 6.07) is 9.90. The summed E-state index contributed by atoms with van der Waals surface area (Å²) < 4.78 is 5.61. The first kappa shape index (κ1) is 19.9. The van der Waals surface area contributed by atoms with Crippen molar-refractivity contribution in [2.75, 3.05) is 19.7 Å². The van der Waals surface area contributed by atoms with Crippen molar-refractivity contribution in [3.8, 4) is 0 Å². The fraction of sp³-hybridized carbons (Fsp3) is 0.368. The Bertz CT molecular complexity index is 820. The molecule has 9 nitrogen and oxygen atoms in total. The number of carbonyl (C=O) groups excluding carboxylic acids is 2. The van der Waals surface area contributed by atoms with Crippen LogP contribution in [0, 0.1) is 5.41 Å². The SMILES string of the molecule is C[C@@]1(CN(O)C(=O)c2ccccc2)CO[C@H](CNC(=O)c2ccnnc2)[C@H]1O. The van der Waals surface area contributed by atoms with Crippen molar-refractivity contribution in [1.82, 2.24) is 20.6 Å². The summed E-state index contributed by atoms with van der Waals surface area (Å²) >= 11 is 0. The molecule has 0 saturated carbocycles. The molecule has 1 aliphatic heterocycles. The Morgan fingerprint density at radius 1 is 1.25 bits per heavy atom. The smallest absolute Gasteiger partial charge is 0.277 e. The Morgan fingerprint density at radius 2 is 2.00 bits per heavy atom. The van der Waals surface area contributed by atoms with Gasteiger partial charge in [-0.3, -0.25) is 14.8 Å². The fourth-order valence-corrected chi connectivity index (χ4v) is 3.10. The number of benzene rings is 1. The first-order valence-corrected chi connectivity index (χ1v) is 8.81. The topological polar surface area (TPSA) is 125 Å². The number of aliphatic hydroxyl groups is 1. The number of aliphatic hydroxyl groups excluding tert-OH is 1. The molecular formula is C19H22N4O5. The monoisotopic (exact) mass is 386 g/mol. The lowest BCUT2D eigenvalue weighted by molar-refractivity contribution is -0.0940. The molecule has 1 aromatic carbocycles. The summed E-state index contributed by atoms with van der Waals surface area (Å²) in [6.07, 6.45) is 1.10. The average Bonchev–Trinajstić information content (AvgIpc) is 3.00. The molecule has 0 spiro atoms. The van der Waals surface area contributed by atoms with Crippen molar-refractivity contribution in [2.45, 2.75) is 19.1 Å². The molecule has 1 saturated heterocycles. The molecule has 0 bridgehead atoms. The van der Waals surface area contributed by atoms with E-state index >= 15 is 0 Å². The van der Waals surface area contributed by atoms with E-state index in [0.717, 1.165) is 0 Å². The molecular weight excluding hydrogens is 364 g/mol. The van der Waals surface area contributed by atoms with Crippen LogP contribution in [0.2, 0.25) is 0 Å². The van der Waals surface area contributed by atoms with Crippen LogP contribution in [0.3, 0.4) is 0 Å². The van der Waals surface area contributed by atoms with Crippen molar-refractivity contribution in [3.05, 3.63) is 59.9 Å². The molecule has 9 heteroatoms. The van der Waals surface area contributed by atoms with Gasteiger partial charge < -0.3 is 15.2 Å². The summed E-state index contributed by atoms with van der Waals surface area (Å²) in [4.78, 5) is 24.4. The number of hydrogen-bond donors (Lipinski definition) is 3. The highest BCUT2D eigenvalue weighted by Crippen LogP contribution is 2.33. The Kier molecular flexibility index (Phi) is 5.98. The molecule has 3 N–H and O–H groups in total. The number of hydroxylamine groups is 2. The third kappa shape index (κ3) is 4.33. The van der Waals surface area contributed by atoms with E-state index in [9.17, 15) is 19.9 Å². The molecule has 2 heterocycles. The lowest BCUT2D eigenvalue weighted by Crippen LogP contribution is -2.47. The van der Waals surface area contributed by atoms with Crippen LogP contribution in [0.25, 0.3) is 0 Å². The van der Waals surface area contributed by atoms with Gasteiger partial charge in [-0.1, -0.05) is 25.1 Å². The van der Waals surface area contributed by atoms with Crippen molar-refractivity contribution in [3.63, 3.8) is 0 Å². The lowest BCUT2D eigenvalue weighted by Gasteiger charge is -2.31. The molecule has 3 rings (SSSR count).